The van der Waals surface area contributed by atoms with Gasteiger partial charge in [-0.2, -0.15) is 0 Å². The monoisotopic (exact) mass is 1600 g/mol. The number of phenolic OH excluding ortho intramolecular Hbond substituents is 4. The van der Waals surface area contributed by atoms with E-state index >= 15 is 19.2 Å². The van der Waals surface area contributed by atoms with Crippen molar-refractivity contribution >= 4 is 141 Å². The molecule has 7 aromatic rings. The number of hydrogen-bond donors (Lipinski definition) is 22. The van der Waals surface area contributed by atoms with Gasteiger partial charge in [-0.1, -0.05) is 48.5 Å². The van der Waals surface area contributed by atoms with Crippen LogP contribution in [0.4, 0.5) is 0 Å². The lowest BCUT2D eigenvalue weighted by atomic mass is 10.0. The fourth-order valence-electron chi connectivity index (χ4n) is 12.0. The molecule has 0 spiro atoms. The smallest absolute Gasteiger partial charge is 0.326 e. The zero-order valence-corrected chi connectivity index (χ0v) is 59.9. The third-order valence-corrected chi connectivity index (χ3v) is 17.6. The topological polar surface area (TPSA) is 669 Å². The summed E-state index contributed by atoms with van der Waals surface area (Å²) in [7, 11) is 0. The second-order valence-corrected chi connectivity index (χ2v) is 26.1. The highest BCUT2D eigenvalue weighted by molar-refractivity contribution is 6.13. The van der Waals surface area contributed by atoms with Crippen LogP contribution in [-0.2, 0) is 83.2 Å². The van der Waals surface area contributed by atoms with Crippen LogP contribution in [0, 0.1) is 0 Å². The van der Waals surface area contributed by atoms with E-state index in [2.05, 4.69) is 52.5 Å². The normalized spacial score (nSPS) is 13.4. The molecule has 22 N–H and O–H groups in total. The van der Waals surface area contributed by atoms with E-state index in [-0.39, 0.29) is 45.3 Å². The van der Waals surface area contributed by atoms with E-state index < -0.39 is 262 Å². The van der Waals surface area contributed by atoms with Gasteiger partial charge in [0.25, 0.3) is 23.6 Å². The van der Waals surface area contributed by atoms with Gasteiger partial charge in [-0.25, -0.2) is 29.1 Å². The van der Waals surface area contributed by atoms with Crippen molar-refractivity contribution in [2.24, 2.45) is 0 Å². The lowest BCUT2D eigenvalue weighted by Gasteiger charge is -2.22. The van der Waals surface area contributed by atoms with Crippen LogP contribution in [0.3, 0.4) is 0 Å². The number of phenols is 4. The van der Waals surface area contributed by atoms with Gasteiger partial charge >= 0.3 is 47.8 Å². The van der Waals surface area contributed by atoms with Crippen molar-refractivity contribution in [2.45, 2.75) is 99.7 Å². The van der Waals surface area contributed by atoms with E-state index in [1.807, 2.05) is 0 Å². The highest BCUT2D eigenvalue weighted by Crippen LogP contribution is 2.30. The van der Waals surface area contributed by atoms with Crippen molar-refractivity contribution in [3.63, 3.8) is 0 Å². The standard InChI is InChI=1S/C76H70N12O28/c89-37-9-1-33(2-10-37)25-49(65(101)85-53(73(109)110)29-57(93)94)81-69(105)61-41-17-19-43(77-41)62(70(106)82-50(26-34-3-11-38(90)12-4-34)66(102)86-54(74(111)112)30-58(95)96)45-21-23-47(79-45)64(72(108)84-52(28-36-7-15-40(92)16-8-36)68(104)88-56(76(115)116)32-60(99)100)48-24-22-46(80-48)63(44-20-18-42(61)78-44)71(107)83-51(27-35-5-13-39(91)14-6-35)67(103)87-55(75(113)114)31-59(97)98/h1-24,49-56,77,80,89-92H,25-32H2,(H,81,105)(H,82,106)(H,83,107)(H,84,108)(H,85,101)(H,86,102)(H,87,103)(H,88,104)(H,93,94)(H,95,96)(H,97,98)(H,99,100)(H,109,110)(H,111,112)(H,113,114)(H,115,116)/t49-,50-,51-,52-,53-,54-,55-,56-/m0/s1. The van der Waals surface area contributed by atoms with Crippen molar-refractivity contribution in [1.82, 2.24) is 62.5 Å². The lowest BCUT2D eigenvalue weighted by molar-refractivity contribution is -0.147. The minimum atomic E-state index is -2.13. The second-order valence-electron chi connectivity index (χ2n) is 26.1. The number of fused-ring (bicyclic) bond motifs is 8. The predicted molar refractivity (Wildman–Crippen MR) is 398 cm³/mol. The van der Waals surface area contributed by atoms with E-state index in [9.17, 15) is 119 Å². The predicted octanol–water partition coefficient (Wildman–Crippen LogP) is 1.02. The Morgan fingerprint density at radius 3 is 0.603 bits per heavy atom. The molecule has 2 aliphatic heterocycles. The van der Waals surface area contributed by atoms with Gasteiger partial charge in [-0.3, -0.25) is 57.5 Å². The number of benzene rings is 4. The fourth-order valence-corrected chi connectivity index (χ4v) is 12.0. The minimum absolute atomic E-state index is 0.185. The zero-order valence-electron chi connectivity index (χ0n) is 59.9. The third kappa shape index (κ3) is 22.3. The van der Waals surface area contributed by atoms with Crippen molar-refractivity contribution < 1.29 is 138 Å². The van der Waals surface area contributed by atoms with Crippen LogP contribution in [-0.4, -0.2) is 225 Å². The summed E-state index contributed by atoms with van der Waals surface area (Å²) < 4.78 is 0. The number of carboxylic acids is 8. The molecule has 9 rings (SSSR count). The van der Waals surface area contributed by atoms with E-state index in [1.165, 1.54) is 97.1 Å². The molecular formula is C76H70N12O28. The van der Waals surface area contributed by atoms with Gasteiger partial charge < -0.3 is 114 Å². The van der Waals surface area contributed by atoms with Gasteiger partial charge in [0.05, 0.1) is 92.8 Å². The number of aliphatic carboxylic acids is 8. The lowest BCUT2D eigenvalue weighted by Crippen LogP contribution is -2.53. The molecule has 0 fully saturated rings. The molecule has 5 heterocycles. The first-order valence-corrected chi connectivity index (χ1v) is 34.5. The number of carbonyl (C=O) groups is 16. The van der Waals surface area contributed by atoms with Crippen LogP contribution >= 0.6 is 0 Å². The first kappa shape index (κ1) is 84.2. The molecule has 0 radical (unpaired) electrons. The fraction of sp³-hybridized carbons (Fsp3) is 0.211. The van der Waals surface area contributed by atoms with Gasteiger partial charge in [0.15, 0.2) is 0 Å². The van der Waals surface area contributed by atoms with Crippen LogP contribution in [0.1, 0.15) is 112 Å². The molecule has 40 nitrogen and oxygen atoms in total. The van der Waals surface area contributed by atoms with Gasteiger partial charge in [0.1, 0.15) is 71.3 Å². The summed E-state index contributed by atoms with van der Waals surface area (Å²) in [5, 5.41) is 138. The van der Waals surface area contributed by atoms with Crippen LogP contribution < -0.4 is 42.5 Å². The van der Waals surface area contributed by atoms with E-state index in [0.29, 0.717) is 0 Å². The summed E-state index contributed by atoms with van der Waals surface area (Å²) in [6, 6.07) is 8.35. The number of rotatable bonds is 36. The average Bonchev–Trinajstić information content (AvgIpc) is 1.62. The average molecular weight is 1600 g/mol. The van der Waals surface area contributed by atoms with Crippen LogP contribution in [0.15, 0.2) is 121 Å². The number of H-pyrrole nitrogens is 2. The molecule has 0 unspecified atom stereocenters. The first-order valence-electron chi connectivity index (χ1n) is 34.5. The zero-order chi connectivity index (χ0) is 84.5. The molecule has 3 aromatic heterocycles. The Kier molecular flexibility index (Phi) is 27.1. The number of nitrogens with one attached hydrogen (secondary N) is 10. The van der Waals surface area contributed by atoms with E-state index in [4.69, 9.17) is 9.97 Å². The van der Waals surface area contributed by atoms with Crippen LogP contribution in [0.5, 0.6) is 23.0 Å². The maximum atomic E-state index is 15.7. The minimum Gasteiger partial charge on any atom is -0.508 e. The maximum Gasteiger partial charge on any atom is 0.326 e. The Morgan fingerprint density at radius 2 is 0.440 bits per heavy atom. The first-order chi connectivity index (χ1) is 55.0. The molecule has 40 heteroatoms. The summed E-state index contributed by atoms with van der Waals surface area (Å²) in [6.45, 7) is 0. The number of aromatic amines is 2. The van der Waals surface area contributed by atoms with Gasteiger partial charge in [-0.15, -0.1) is 0 Å². The SMILES string of the molecule is O=C(O)C[C@H](NC(=O)[C@H](Cc1ccc(O)cc1)NC(=O)c1c2nc(c(C(=O)N[C@@H](Cc3ccc(O)cc3)C(=O)N[C@@H](CC(=O)O)C(=O)O)c3ccc([nH]3)c(C(=O)N[C@@H](Cc3ccc(O)cc3)C(=O)N[C@@H](CC(=O)O)C(=O)O)c3nc(c(C(=O)N[C@@H](Cc4ccc(O)cc4)C(=O)N[C@@H](CC(=O)O)C(=O)O)c4ccc1[nH]4)C=C3)C=C2)C(=O)O. The Balaban J connectivity index is 1.36. The van der Waals surface area contributed by atoms with Crippen LogP contribution in [0.2, 0.25) is 0 Å². The molecule has 0 aliphatic carbocycles. The quantitative estimate of drug-likeness (QED) is 0.0261. The maximum absolute atomic E-state index is 15.7. The summed E-state index contributed by atoms with van der Waals surface area (Å²) in [5.41, 5.74) is -5.50. The number of nitrogens with zero attached hydrogens (tertiary/aromatic N) is 2. The Bertz CT molecular complexity index is 4700. The molecule has 4 aromatic carbocycles. The van der Waals surface area contributed by atoms with Crippen LogP contribution in [0.25, 0.3) is 46.4 Å². The Hall–Kier alpha value is -15.8. The van der Waals surface area contributed by atoms with Crippen molar-refractivity contribution in [3.05, 3.63) is 189 Å². The molecular weight excluding hydrogens is 1530 g/mol. The number of carbonyl (C=O) groups excluding carboxylic acids is 8. The highest BCUT2D eigenvalue weighted by Gasteiger charge is 2.37. The number of amides is 8. The molecule has 8 atom stereocenters. The highest BCUT2D eigenvalue weighted by atomic mass is 16.4. The molecule has 602 valence electrons. The molecule has 116 heavy (non-hydrogen) atoms. The summed E-state index contributed by atoms with van der Waals surface area (Å²) in [4.78, 5) is 233. The summed E-state index contributed by atoms with van der Waals surface area (Å²) in [6.07, 6.45) is -2.53. The Morgan fingerprint density at radius 1 is 0.259 bits per heavy atom. The van der Waals surface area contributed by atoms with Gasteiger partial charge in [0, 0.05) is 25.7 Å². The molecule has 0 saturated carbocycles. The van der Waals surface area contributed by atoms with Crippen molar-refractivity contribution in [1.29, 1.82) is 0 Å². The summed E-state index contributed by atoms with van der Waals surface area (Å²) in [5.74, 6) is -25.6. The number of aromatic hydroxyl groups is 4. The Labute approximate surface area is 650 Å². The number of hydrogen-bond acceptors (Lipinski definition) is 22. The molecule has 2 aliphatic rings. The van der Waals surface area contributed by atoms with Gasteiger partial charge in [0.2, 0.25) is 23.6 Å². The van der Waals surface area contributed by atoms with E-state index in [1.54, 1.807) is 0 Å². The summed E-state index contributed by atoms with van der Waals surface area (Å²) >= 11 is 0. The number of aromatic nitrogens is 4. The van der Waals surface area contributed by atoms with E-state index in [0.717, 1.165) is 48.6 Å². The molecule has 8 amide bonds. The van der Waals surface area contributed by atoms with Crippen molar-refractivity contribution in [3.8, 4) is 23.0 Å². The third-order valence-electron chi connectivity index (χ3n) is 17.6. The number of carboxylic acid groups (broad SMARTS) is 8. The molecule has 0 saturated heterocycles. The second kappa shape index (κ2) is 37.3. The van der Waals surface area contributed by atoms with Crippen molar-refractivity contribution in [2.75, 3.05) is 0 Å². The largest absolute Gasteiger partial charge is 0.508 e. The molecule has 8 bridgehead atoms. The van der Waals surface area contributed by atoms with Gasteiger partial charge in [-0.05, 0) is 119 Å².